The Balaban J connectivity index is 1.43. The molecule has 3 aromatic rings. The first-order chi connectivity index (χ1) is 11.2. The molecule has 0 spiro atoms. The van der Waals surface area contributed by atoms with Crippen molar-refractivity contribution in [3.8, 4) is 0 Å². The molecule has 118 valence electrons. The average molecular weight is 311 g/mol. The van der Waals surface area contributed by atoms with Gasteiger partial charge < -0.3 is 10.3 Å². The number of amides is 1. The number of H-pyrrole nitrogens is 1. The van der Waals surface area contributed by atoms with E-state index in [1.54, 1.807) is 12.1 Å². The Labute approximate surface area is 133 Å². The van der Waals surface area contributed by atoms with Crippen molar-refractivity contribution in [3.05, 3.63) is 65.7 Å². The van der Waals surface area contributed by atoms with Gasteiger partial charge in [-0.1, -0.05) is 24.3 Å². The maximum atomic E-state index is 12.8. The fourth-order valence-corrected chi connectivity index (χ4v) is 2.44. The third-order valence-corrected chi connectivity index (χ3v) is 3.68. The van der Waals surface area contributed by atoms with Crippen LogP contribution in [-0.4, -0.2) is 22.4 Å². The van der Waals surface area contributed by atoms with Crippen LogP contribution in [0.3, 0.4) is 0 Å². The predicted molar refractivity (Wildman–Crippen MR) is 87.5 cm³/mol. The molecule has 1 heterocycles. The molecule has 0 atom stereocenters. The minimum absolute atomic E-state index is 0.00886. The van der Waals surface area contributed by atoms with Crippen LogP contribution >= 0.6 is 0 Å². The third-order valence-electron chi connectivity index (χ3n) is 3.68. The molecule has 0 unspecified atom stereocenters. The number of halogens is 1. The van der Waals surface area contributed by atoms with E-state index in [2.05, 4.69) is 15.3 Å². The van der Waals surface area contributed by atoms with Gasteiger partial charge in [0.25, 0.3) is 0 Å². The van der Waals surface area contributed by atoms with E-state index in [1.807, 2.05) is 24.3 Å². The number of imidazole rings is 1. The van der Waals surface area contributed by atoms with Crippen molar-refractivity contribution in [2.24, 2.45) is 0 Å². The summed E-state index contributed by atoms with van der Waals surface area (Å²) in [6.07, 6.45) is 1.67. The molecular formula is C18H18FN3O. The summed E-state index contributed by atoms with van der Waals surface area (Å²) >= 11 is 0. The van der Waals surface area contributed by atoms with Crippen LogP contribution in [0.5, 0.6) is 0 Å². The zero-order chi connectivity index (χ0) is 16.1. The van der Waals surface area contributed by atoms with Crippen molar-refractivity contribution in [2.75, 3.05) is 6.54 Å². The number of aryl methyl sites for hydroxylation is 1. The fourth-order valence-electron chi connectivity index (χ4n) is 2.44. The van der Waals surface area contributed by atoms with Gasteiger partial charge in [-0.3, -0.25) is 4.79 Å². The standard InChI is InChI=1S/C18H18FN3O/c19-14-8-5-13(6-9-14)7-10-18(23)20-12-11-17-21-15-3-1-2-4-16(15)22-17/h1-6,8-9H,7,10-12H2,(H,20,23)(H,21,22). The Morgan fingerprint density at radius 3 is 2.65 bits per heavy atom. The Hall–Kier alpha value is -2.69. The molecule has 0 saturated carbocycles. The first-order valence-corrected chi connectivity index (χ1v) is 7.65. The van der Waals surface area contributed by atoms with Crippen LogP contribution < -0.4 is 5.32 Å². The van der Waals surface area contributed by atoms with Gasteiger partial charge in [-0.2, -0.15) is 0 Å². The molecular weight excluding hydrogens is 293 g/mol. The summed E-state index contributed by atoms with van der Waals surface area (Å²) in [4.78, 5) is 19.5. The number of benzene rings is 2. The van der Waals surface area contributed by atoms with Crippen LogP contribution in [0.25, 0.3) is 11.0 Å². The molecule has 0 radical (unpaired) electrons. The van der Waals surface area contributed by atoms with Gasteiger partial charge in [0.1, 0.15) is 11.6 Å². The average Bonchev–Trinajstić information content (AvgIpc) is 2.97. The number of aromatic nitrogens is 2. The number of nitrogens with one attached hydrogen (secondary N) is 2. The monoisotopic (exact) mass is 311 g/mol. The second-order valence-electron chi connectivity index (χ2n) is 5.43. The van der Waals surface area contributed by atoms with Gasteiger partial charge in [0.05, 0.1) is 11.0 Å². The molecule has 1 amide bonds. The highest BCUT2D eigenvalue weighted by Gasteiger charge is 2.05. The van der Waals surface area contributed by atoms with Crippen LogP contribution in [-0.2, 0) is 17.6 Å². The number of nitrogens with zero attached hydrogens (tertiary/aromatic N) is 1. The minimum atomic E-state index is -0.260. The van der Waals surface area contributed by atoms with Crippen molar-refractivity contribution in [3.63, 3.8) is 0 Å². The number of fused-ring (bicyclic) bond motifs is 1. The third kappa shape index (κ3) is 4.16. The zero-order valence-corrected chi connectivity index (χ0v) is 12.7. The van der Waals surface area contributed by atoms with Crippen molar-refractivity contribution >= 4 is 16.9 Å². The Morgan fingerprint density at radius 2 is 1.87 bits per heavy atom. The lowest BCUT2D eigenvalue weighted by Crippen LogP contribution is -2.26. The second-order valence-corrected chi connectivity index (χ2v) is 5.43. The summed E-state index contributed by atoms with van der Waals surface area (Å²) < 4.78 is 12.8. The highest BCUT2D eigenvalue weighted by molar-refractivity contribution is 5.76. The van der Waals surface area contributed by atoms with E-state index in [1.165, 1.54) is 12.1 Å². The summed E-state index contributed by atoms with van der Waals surface area (Å²) in [5.74, 6) is 0.597. The Morgan fingerprint density at radius 1 is 1.09 bits per heavy atom. The van der Waals surface area contributed by atoms with Crippen molar-refractivity contribution in [1.29, 1.82) is 0 Å². The molecule has 0 saturated heterocycles. The SMILES string of the molecule is O=C(CCc1ccc(F)cc1)NCCc1nc2ccccc2[nH]1. The predicted octanol–water partition coefficient (Wildman–Crippen LogP) is 2.99. The number of carbonyl (C=O) groups excluding carboxylic acids is 1. The summed E-state index contributed by atoms with van der Waals surface area (Å²) in [5, 5.41) is 2.88. The molecule has 0 fully saturated rings. The maximum Gasteiger partial charge on any atom is 0.220 e. The largest absolute Gasteiger partial charge is 0.356 e. The quantitative estimate of drug-likeness (QED) is 0.735. The molecule has 0 aliphatic rings. The molecule has 0 aliphatic carbocycles. The molecule has 5 heteroatoms. The van der Waals surface area contributed by atoms with E-state index < -0.39 is 0 Å². The molecule has 2 aromatic carbocycles. The first-order valence-electron chi connectivity index (χ1n) is 7.65. The van der Waals surface area contributed by atoms with Crippen LogP contribution in [0.2, 0.25) is 0 Å². The van der Waals surface area contributed by atoms with E-state index in [0.29, 0.717) is 25.8 Å². The summed E-state index contributed by atoms with van der Waals surface area (Å²) in [6.45, 7) is 0.544. The smallest absolute Gasteiger partial charge is 0.220 e. The highest BCUT2D eigenvalue weighted by Crippen LogP contribution is 2.10. The van der Waals surface area contributed by atoms with Crippen molar-refractivity contribution in [2.45, 2.75) is 19.3 Å². The first kappa shape index (κ1) is 15.2. The van der Waals surface area contributed by atoms with E-state index in [4.69, 9.17) is 0 Å². The van der Waals surface area contributed by atoms with E-state index in [-0.39, 0.29) is 11.7 Å². The molecule has 2 N–H and O–H groups in total. The lowest BCUT2D eigenvalue weighted by atomic mass is 10.1. The zero-order valence-electron chi connectivity index (χ0n) is 12.7. The summed E-state index contributed by atoms with van der Waals surface area (Å²) in [6, 6.07) is 14.1. The normalized spacial score (nSPS) is 10.8. The van der Waals surface area contributed by atoms with E-state index in [9.17, 15) is 9.18 Å². The molecule has 1 aromatic heterocycles. The highest BCUT2D eigenvalue weighted by atomic mass is 19.1. The number of aromatic amines is 1. The van der Waals surface area contributed by atoms with Gasteiger partial charge in [-0.25, -0.2) is 9.37 Å². The van der Waals surface area contributed by atoms with Crippen LogP contribution in [0.1, 0.15) is 17.8 Å². The minimum Gasteiger partial charge on any atom is -0.356 e. The number of carbonyl (C=O) groups is 1. The van der Waals surface area contributed by atoms with Gasteiger partial charge in [0.15, 0.2) is 0 Å². The van der Waals surface area contributed by atoms with Gasteiger partial charge in [0.2, 0.25) is 5.91 Å². The maximum absolute atomic E-state index is 12.8. The summed E-state index contributed by atoms with van der Waals surface area (Å²) in [5.41, 5.74) is 2.90. The summed E-state index contributed by atoms with van der Waals surface area (Å²) in [7, 11) is 0. The lowest BCUT2D eigenvalue weighted by Gasteiger charge is -2.04. The number of hydrogen-bond donors (Lipinski definition) is 2. The Kier molecular flexibility index (Phi) is 4.66. The second kappa shape index (κ2) is 7.05. The molecule has 0 aliphatic heterocycles. The molecule has 0 bridgehead atoms. The van der Waals surface area contributed by atoms with Gasteiger partial charge in [-0.15, -0.1) is 0 Å². The number of rotatable bonds is 6. The van der Waals surface area contributed by atoms with E-state index in [0.717, 1.165) is 22.4 Å². The van der Waals surface area contributed by atoms with Crippen molar-refractivity contribution < 1.29 is 9.18 Å². The van der Waals surface area contributed by atoms with Crippen molar-refractivity contribution in [1.82, 2.24) is 15.3 Å². The van der Waals surface area contributed by atoms with E-state index >= 15 is 0 Å². The molecule has 3 rings (SSSR count). The van der Waals surface area contributed by atoms with Gasteiger partial charge >= 0.3 is 0 Å². The van der Waals surface area contributed by atoms with Crippen LogP contribution in [0.4, 0.5) is 4.39 Å². The topological polar surface area (TPSA) is 57.8 Å². The number of para-hydroxylation sites is 2. The lowest BCUT2D eigenvalue weighted by molar-refractivity contribution is -0.121. The molecule has 23 heavy (non-hydrogen) atoms. The van der Waals surface area contributed by atoms with Crippen LogP contribution in [0.15, 0.2) is 48.5 Å². The Bertz CT molecular complexity index is 762. The number of hydrogen-bond acceptors (Lipinski definition) is 2. The fraction of sp³-hybridized carbons (Fsp3) is 0.222. The van der Waals surface area contributed by atoms with Crippen LogP contribution in [0, 0.1) is 5.82 Å². The molecule has 4 nitrogen and oxygen atoms in total. The van der Waals surface area contributed by atoms with Gasteiger partial charge in [-0.05, 0) is 36.2 Å². The van der Waals surface area contributed by atoms with Gasteiger partial charge in [0, 0.05) is 19.4 Å².